The first kappa shape index (κ1) is 17.1. The number of fused-ring (bicyclic) bond motifs is 2. The number of rotatable bonds is 4. The highest BCUT2D eigenvalue weighted by Crippen LogP contribution is 2.55. The van der Waals surface area contributed by atoms with Gasteiger partial charge in [-0.2, -0.15) is 13.8 Å². The topological polar surface area (TPSA) is 69.6 Å². The van der Waals surface area contributed by atoms with Crippen molar-refractivity contribution in [2.45, 2.75) is 44.3 Å². The first-order valence-electron chi connectivity index (χ1n) is 9.43. The van der Waals surface area contributed by atoms with Crippen molar-refractivity contribution in [3.05, 3.63) is 11.3 Å². The molecule has 2 unspecified atom stereocenters. The van der Waals surface area contributed by atoms with Gasteiger partial charge in [0.05, 0.1) is 12.6 Å². The Balaban J connectivity index is 1.45. The van der Waals surface area contributed by atoms with E-state index in [1.807, 2.05) is 4.90 Å². The molecule has 1 saturated carbocycles. The number of carbonyl (C=O) groups is 1. The van der Waals surface area contributed by atoms with Gasteiger partial charge in [0.1, 0.15) is 17.7 Å². The summed E-state index contributed by atoms with van der Waals surface area (Å²) in [5.41, 5.74) is 0.268. The maximum Gasteiger partial charge on any atom is 0.303 e. The summed E-state index contributed by atoms with van der Waals surface area (Å²) >= 11 is 0. The van der Waals surface area contributed by atoms with Crippen molar-refractivity contribution in [1.29, 1.82) is 0 Å². The first-order valence-corrected chi connectivity index (χ1v) is 9.43. The molecule has 0 aromatic carbocycles. The molecule has 146 valence electrons. The quantitative estimate of drug-likeness (QED) is 0.861. The van der Waals surface area contributed by atoms with Crippen LogP contribution in [0.15, 0.2) is 0 Å². The molecule has 27 heavy (non-hydrogen) atoms. The molecule has 3 heterocycles. The third-order valence-corrected chi connectivity index (χ3v) is 6.73. The Kier molecular flexibility index (Phi) is 3.46. The van der Waals surface area contributed by atoms with Gasteiger partial charge in [-0.05, 0) is 31.1 Å². The van der Waals surface area contributed by atoms with Crippen LogP contribution in [-0.2, 0) is 17.1 Å². The Morgan fingerprint density at radius 3 is 2.56 bits per heavy atom. The fourth-order valence-electron chi connectivity index (χ4n) is 4.94. The van der Waals surface area contributed by atoms with Gasteiger partial charge in [0.25, 0.3) is 5.92 Å². The summed E-state index contributed by atoms with van der Waals surface area (Å²) in [5.74, 6) is -2.32. The van der Waals surface area contributed by atoms with E-state index in [0.717, 1.165) is 0 Å². The van der Waals surface area contributed by atoms with Crippen LogP contribution in [0.4, 0.5) is 24.9 Å². The number of alkyl halides is 3. The fraction of sp³-hybridized carbons (Fsp3) is 0.722. The zero-order valence-electron chi connectivity index (χ0n) is 14.9. The van der Waals surface area contributed by atoms with Gasteiger partial charge in [0.2, 0.25) is 5.95 Å². The highest BCUT2D eigenvalue weighted by atomic mass is 19.3. The summed E-state index contributed by atoms with van der Waals surface area (Å²) in [7, 11) is 0. The van der Waals surface area contributed by atoms with E-state index in [4.69, 9.17) is 5.11 Å². The van der Waals surface area contributed by atoms with E-state index in [1.54, 1.807) is 11.8 Å². The smallest absolute Gasteiger partial charge is 0.303 e. The number of carboxylic acid groups (broad SMARTS) is 1. The summed E-state index contributed by atoms with van der Waals surface area (Å²) < 4.78 is 42.3. The number of piperidine rings is 1. The van der Waals surface area contributed by atoms with E-state index in [9.17, 15) is 18.0 Å². The molecule has 1 aromatic rings. The minimum atomic E-state index is -2.99. The Morgan fingerprint density at radius 2 is 1.96 bits per heavy atom. The van der Waals surface area contributed by atoms with Crippen molar-refractivity contribution in [2.75, 3.05) is 29.4 Å². The molecule has 5 atom stereocenters. The molecule has 1 N–H and O–H groups in total. The predicted molar refractivity (Wildman–Crippen MR) is 90.9 cm³/mol. The zero-order chi connectivity index (χ0) is 19.1. The lowest BCUT2D eigenvalue weighted by molar-refractivity contribution is -0.137. The lowest BCUT2D eigenvalue weighted by Crippen LogP contribution is -2.57. The van der Waals surface area contributed by atoms with Crippen molar-refractivity contribution in [3.63, 3.8) is 0 Å². The molecule has 6 nitrogen and oxygen atoms in total. The molecule has 9 heteroatoms. The van der Waals surface area contributed by atoms with Crippen LogP contribution in [0.25, 0.3) is 0 Å². The van der Waals surface area contributed by atoms with Gasteiger partial charge < -0.3 is 14.9 Å². The van der Waals surface area contributed by atoms with Gasteiger partial charge in [-0.25, -0.2) is 9.37 Å². The highest BCUT2D eigenvalue weighted by molar-refractivity contribution is 5.68. The number of carboxylic acids is 1. The normalized spacial score (nSPS) is 35.6. The fourth-order valence-corrected chi connectivity index (χ4v) is 4.94. The summed E-state index contributed by atoms with van der Waals surface area (Å²) in [4.78, 5) is 23.2. The standard InChI is InChI=1S/C18H21F3N4O2/c1-8-13(19)7-25(8)17-22-15-9(2-3-18(15,20)21)16(23-17)24-5-11-10(4-14(26)27)12(11)6-24/h8,10-13H,2-7H2,1H3,(H,26,27)/t8-,10?,11-,12+,13?/m0/s1. The Morgan fingerprint density at radius 1 is 1.26 bits per heavy atom. The van der Waals surface area contributed by atoms with Gasteiger partial charge in [0.15, 0.2) is 0 Å². The van der Waals surface area contributed by atoms with E-state index in [2.05, 4.69) is 9.97 Å². The minimum Gasteiger partial charge on any atom is -0.481 e. The third-order valence-electron chi connectivity index (χ3n) is 6.73. The molecule has 0 bridgehead atoms. The number of anilines is 2. The lowest BCUT2D eigenvalue weighted by atomic mass is 10.0. The number of halogens is 3. The van der Waals surface area contributed by atoms with Crippen molar-refractivity contribution in [1.82, 2.24) is 9.97 Å². The maximum absolute atomic E-state index is 14.4. The number of hydrogen-bond acceptors (Lipinski definition) is 5. The molecule has 0 amide bonds. The monoisotopic (exact) mass is 382 g/mol. The van der Waals surface area contributed by atoms with Gasteiger partial charge in [0, 0.05) is 31.5 Å². The molecular weight excluding hydrogens is 361 g/mol. The summed E-state index contributed by atoms with van der Waals surface area (Å²) in [6.07, 6.45) is -0.889. The third kappa shape index (κ3) is 2.50. The zero-order valence-corrected chi connectivity index (χ0v) is 14.9. The second-order valence-electron chi connectivity index (χ2n) is 8.28. The second-order valence-corrected chi connectivity index (χ2v) is 8.28. The van der Waals surface area contributed by atoms with Crippen molar-refractivity contribution in [3.8, 4) is 0 Å². The molecule has 2 saturated heterocycles. The molecule has 4 aliphatic rings. The van der Waals surface area contributed by atoms with Crippen molar-refractivity contribution in [2.24, 2.45) is 17.8 Å². The number of aliphatic carboxylic acids is 1. The SMILES string of the molecule is C[C@H]1C(F)CN1c1nc(N2C[C@@H]3C(CC(=O)O)[C@@H]3C2)c2c(n1)C(F)(F)CC2. The van der Waals surface area contributed by atoms with E-state index >= 15 is 0 Å². The average molecular weight is 382 g/mol. The molecule has 5 rings (SSSR count). The van der Waals surface area contributed by atoms with Gasteiger partial charge in [-0.1, -0.05) is 0 Å². The number of hydrogen-bond donors (Lipinski definition) is 1. The summed E-state index contributed by atoms with van der Waals surface area (Å²) in [5, 5.41) is 8.97. The van der Waals surface area contributed by atoms with E-state index in [-0.39, 0.29) is 55.2 Å². The first-order chi connectivity index (χ1) is 12.8. The van der Waals surface area contributed by atoms with E-state index < -0.39 is 24.1 Å². The molecular formula is C18H21F3N4O2. The molecule has 2 aliphatic heterocycles. The van der Waals surface area contributed by atoms with Crippen LogP contribution in [0, 0.1) is 17.8 Å². The van der Waals surface area contributed by atoms with Crippen molar-refractivity contribution < 1.29 is 23.1 Å². The number of aromatic nitrogens is 2. The predicted octanol–water partition coefficient (Wildman–Crippen LogP) is 2.22. The molecule has 0 spiro atoms. The van der Waals surface area contributed by atoms with Gasteiger partial charge in [-0.15, -0.1) is 0 Å². The van der Waals surface area contributed by atoms with Gasteiger partial charge >= 0.3 is 5.97 Å². The average Bonchev–Trinajstić information content (AvgIpc) is 2.96. The second kappa shape index (κ2) is 5.48. The maximum atomic E-state index is 14.4. The van der Waals surface area contributed by atoms with Crippen LogP contribution in [0.5, 0.6) is 0 Å². The van der Waals surface area contributed by atoms with E-state index in [0.29, 0.717) is 24.5 Å². The molecule has 3 fully saturated rings. The van der Waals surface area contributed by atoms with Gasteiger partial charge in [-0.3, -0.25) is 4.79 Å². The van der Waals surface area contributed by atoms with Crippen LogP contribution in [0.1, 0.15) is 31.0 Å². The summed E-state index contributed by atoms with van der Waals surface area (Å²) in [6, 6.07) is -0.419. The Hall–Kier alpha value is -2.06. The Bertz CT molecular complexity index is 808. The van der Waals surface area contributed by atoms with Crippen LogP contribution in [0.2, 0.25) is 0 Å². The van der Waals surface area contributed by atoms with Crippen molar-refractivity contribution >= 4 is 17.7 Å². The minimum absolute atomic E-state index is 0.122. The van der Waals surface area contributed by atoms with Crippen LogP contribution >= 0.6 is 0 Å². The summed E-state index contributed by atoms with van der Waals surface area (Å²) in [6.45, 7) is 3.09. The lowest BCUT2D eigenvalue weighted by Gasteiger charge is -2.42. The van der Waals surface area contributed by atoms with Crippen LogP contribution < -0.4 is 9.80 Å². The molecule has 1 aromatic heterocycles. The number of nitrogens with zero attached hydrogens (tertiary/aromatic N) is 4. The van der Waals surface area contributed by atoms with Crippen LogP contribution in [0.3, 0.4) is 0 Å². The Labute approximate surface area is 154 Å². The molecule has 2 aliphatic carbocycles. The van der Waals surface area contributed by atoms with E-state index in [1.165, 1.54) is 0 Å². The highest BCUT2D eigenvalue weighted by Gasteiger charge is 2.57. The van der Waals surface area contributed by atoms with Crippen LogP contribution in [-0.4, -0.2) is 52.9 Å². The largest absolute Gasteiger partial charge is 0.481 e. The molecule has 0 radical (unpaired) electrons.